The van der Waals surface area contributed by atoms with E-state index in [1.165, 1.54) is 0 Å². The summed E-state index contributed by atoms with van der Waals surface area (Å²) in [4.78, 5) is 1.75. The van der Waals surface area contributed by atoms with Crippen molar-refractivity contribution in [1.29, 1.82) is 5.26 Å². The minimum Gasteiger partial charge on any atom is -0.324 e. The molecule has 2 heterocycles. The molecule has 0 radical (unpaired) electrons. The summed E-state index contributed by atoms with van der Waals surface area (Å²) < 4.78 is 1.78. The lowest BCUT2D eigenvalue weighted by Gasteiger charge is -2.40. The summed E-state index contributed by atoms with van der Waals surface area (Å²) in [5.41, 5.74) is 6.07. The van der Waals surface area contributed by atoms with Crippen molar-refractivity contribution < 1.29 is 0 Å². The molecule has 6 heteroatoms. The maximum atomic E-state index is 9.20. The fourth-order valence-corrected chi connectivity index (χ4v) is 3.10. The zero-order valence-corrected chi connectivity index (χ0v) is 8.95. The molecule has 1 saturated carbocycles. The van der Waals surface area contributed by atoms with Crippen LogP contribution in [0.4, 0.5) is 0 Å². The molecule has 2 N–H and O–H groups in total. The van der Waals surface area contributed by atoms with Gasteiger partial charge in [-0.3, -0.25) is 4.90 Å². The van der Waals surface area contributed by atoms with Crippen molar-refractivity contribution in [3.05, 3.63) is 12.4 Å². The van der Waals surface area contributed by atoms with Crippen LogP contribution in [0.25, 0.3) is 0 Å². The van der Waals surface area contributed by atoms with E-state index in [1.54, 1.807) is 15.8 Å². The Bertz CT molecular complexity index is 421. The lowest BCUT2D eigenvalue weighted by molar-refractivity contribution is 0.0713. The van der Waals surface area contributed by atoms with E-state index in [2.05, 4.69) is 16.5 Å². The van der Waals surface area contributed by atoms with Crippen LogP contribution < -0.4 is 5.73 Å². The molecule has 2 fully saturated rings. The molecule has 1 aromatic rings. The van der Waals surface area contributed by atoms with Gasteiger partial charge >= 0.3 is 0 Å². The molecule has 1 saturated heterocycles. The third-order valence-electron chi connectivity index (χ3n) is 3.75. The van der Waals surface area contributed by atoms with Crippen molar-refractivity contribution in [1.82, 2.24) is 19.9 Å². The van der Waals surface area contributed by atoms with E-state index in [-0.39, 0.29) is 11.7 Å². The van der Waals surface area contributed by atoms with Gasteiger partial charge in [-0.25, -0.2) is 4.68 Å². The lowest BCUT2D eigenvalue weighted by Crippen LogP contribution is -2.53. The van der Waals surface area contributed by atoms with E-state index >= 15 is 0 Å². The lowest BCUT2D eigenvalue weighted by atomic mass is 9.90. The highest BCUT2D eigenvalue weighted by Crippen LogP contribution is 2.45. The first-order valence-electron chi connectivity index (χ1n) is 5.53. The molecule has 16 heavy (non-hydrogen) atoms. The van der Waals surface area contributed by atoms with Crippen molar-refractivity contribution >= 4 is 0 Å². The standard InChI is InChI=1S/C10H14N6/c11-7-15-6-10(12)2-1-8(5-10)9(15)16-4-3-13-14-16/h3-4,8-9H,1-2,5-6,12H2. The van der Waals surface area contributed by atoms with Crippen molar-refractivity contribution in [3.8, 4) is 6.19 Å². The molecule has 2 aliphatic rings. The highest BCUT2D eigenvalue weighted by Gasteiger charge is 2.48. The molecule has 0 amide bonds. The first-order chi connectivity index (χ1) is 7.72. The molecule has 3 rings (SSSR count). The van der Waals surface area contributed by atoms with Crippen LogP contribution in [0.1, 0.15) is 25.4 Å². The minimum atomic E-state index is -0.169. The Hall–Kier alpha value is -1.61. The van der Waals surface area contributed by atoms with Crippen LogP contribution in [0, 0.1) is 17.4 Å². The van der Waals surface area contributed by atoms with Gasteiger partial charge in [0.05, 0.1) is 6.20 Å². The monoisotopic (exact) mass is 218 g/mol. The van der Waals surface area contributed by atoms with Gasteiger partial charge in [0.15, 0.2) is 6.19 Å². The second-order valence-electron chi connectivity index (χ2n) is 4.89. The zero-order valence-electron chi connectivity index (χ0n) is 8.95. The first-order valence-corrected chi connectivity index (χ1v) is 5.53. The fourth-order valence-electron chi connectivity index (χ4n) is 3.10. The van der Waals surface area contributed by atoms with Crippen molar-refractivity contribution in [2.75, 3.05) is 6.54 Å². The van der Waals surface area contributed by atoms with Gasteiger partial charge in [-0.15, -0.1) is 5.10 Å². The minimum absolute atomic E-state index is 0.00618. The maximum absolute atomic E-state index is 9.20. The van der Waals surface area contributed by atoms with Crippen LogP contribution >= 0.6 is 0 Å². The number of nitrogens with two attached hydrogens (primary N) is 1. The Morgan fingerprint density at radius 2 is 2.44 bits per heavy atom. The predicted octanol–water partition coefficient (Wildman–Crippen LogP) is 0.0710. The molecular formula is C10H14N6. The number of likely N-dealkylation sites (tertiary alicyclic amines) is 1. The van der Waals surface area contributed by atoms with Crippen molar-refractivity contribution in [2.45, 2.75) is 31.0 Å². The molecule has 0 spiro atoms. The molecule has 1 aromatic heterocycles. The van der Waals surface area contributed by atoms with Crippen LogP contribution in [0.15, 0.2) is 12.4 Å². The average Bonchev–Trinajstić information content (AvgIpc) is 2.87. The number of nitriles is 1. The zero-order chi connectivity index (χ0) is 11.2. The summed E-state index contributed by atoms with van der Waals surface area (Å²) in [6, 6.07) is 0. The van der Waals surface area contributed by atoms with E-state index in [1.807, 2.05) is 6.20 Å². The van der Waals surface area contributed by atoms with E-state index in [0.29, 0.717) is 12.5 Å². The number of piperidine rings is 1. The Morgan fingerprint density at radius 3 is 3.12 bits per heavy atom. The number of hydrogen-bond donors (Lipinski definition) is 1. The van der Waals surface area contributed by atoms with Gasteiger partial charge < -0.3 is 5.73 Å². The topological polar surface area (TPSA) is 83.8 Å². The molecule has 0 aromatic carbocycles. The van der Waals surface area contributed by atoms with Gasteiger partial charge in [0.2, 0.25) is 0 Å². The first kappa shape index (κ1) is 9.60. The van der Waals surface area contributed by atoms with Crippen LogP contribution in [0.2, 0.25) is 0 Å². The molecule has 84 valence electrons. The molecule has 1 aliphatic heterocycles. The summed E-state index contributed by atoms with van der Waals surface area (Å²) in [6.07, 6.45) is 8.75. The molecule has 6 nitrogen and oxygen atoms in total. The van der Waals surface area contributed by atoms with Crippen LogP contribution in [-0.4, -0.2) is 32.0 Å². The molecule has 3 atom stereocenters. The highest BCUT2D eigenvalue weighted by molar-refractivity contribution is 5.06. The quantitative estimate of drug-likeness (QED) is 0.674. The van der Waals surface area contributed by atoms with Gasteiger partial charge in [-0.1, -0.05) is 5.21 Å². The third kappa shape index (κ3) is 1.28. The number of fused-ring (bicyclic) bond motifs is 2. The summed E-state index contributed by atoms with van der Waals surface area (Å²) in [5, 5.41) is 17.0. The molecule has 2 bridgehead atoms. The fraction of sp³-hybridized carbons (Fsp3) is 0.700. The van der Waals surface area contributed by atoms with Crippen molar-refractivity contribution in [2.24, 2.45) is 11.7 Å². The van der Waals surface area contributed by atoms with Crippen LogP contribution in [-0.2, 0) is 0 Å². The van der Waals surface area contributed by atoms with Gasteiger partial charge in [0, 0.05) is 24.2 Å². The summed E-state index contributed by atoms with van der Waals surface area (Å²) in [7, 11) is 0. The Labute approximate surface area is 93.6 Å². The molecular weight excluding hydrogens is 204 g/mol. The van der Waals surface area contributed by atoms with E-state index in [0.717, 1.165) is 19.3 Å². The van der Waals surface area contributed by atoms with Crippen molar-refractivity contribution in [3.63, 3.8) is 0 Å². The number of nitrogens with zero attached hydrogens (tertiary/aromatic N) is 5. The second-order valence-corrected chi connectivity index (χ2v) is 4.89. The SMILES string of the molecule is N#CN1CC2(N)CCC(C2)C1n1ccnn1. The highest BCUT2D eigenvalue weighted by atomic mass is 15.5. The largest absolute Gasteiger partial charge is 0.324 e. The number of rotatable bonds is 1. The van der Waals surface area contributed by atoms with E-state index in [9.17, 15) is 5.26 Å². The Kier molecular flexibility index (Phi) is 1.91. The van der Waals surface area contributed by atoms with E-state index in [4.69, 9.17) is 5.73 Å². The normalized spacial score (nSPS) is 37.4. The Balaban J connectivity index is 1.96. The number of aromatic nitrogens is 3. The van der Waals surface area contributed by atoms with Gasteiger partial charge in [0.25, 0.3) is 0 Å². The van der Waals surface area contributed by atoms with Gasteiger partial charge in [0.1, 0.15) is 6.17 Å². The number of hydrogen-bond acceptors (Lipinski definition) is 5. The molecule has 1 aliphatic carbocycles. The second kappa shape index (κ2) is 3.19. The summed E-state index contributed by atoms with van der Waals surface area (Å²) in [6.45, 7) is 0.629. The third-order valence-corrected chi connectivity index (χ3v) is 3.75. The predicted molar refractivity (Wildman–Crippen MR) is 55.6 cm³/mol. The summed E-state index contributed by atoms with van der Waals surface area (Å²) in [5.74, 6) is 0.417. The van der Waals surface area contributed by atoms with Crippen LogP contribution in [0.5, 0.6) is 0 Å². The summed E-state index contributed by atoms with van der Waals surface area (Å²) >= 11 is 0. The van der Waals surface area contributed by atoms with Gasteiger partial charge in [-0.05, 0) is 19.3 Å². The maximum Gasteiger partial charge on any atom is 0.181 e. The van der Waals surface area contributed by atoms with Gasteiger partial charge in [-0.2, -0.15) is 5.26 Å². The Morgan fingerprint density at radius 1 is 1.56 bits per heavy atom. The van der Waals surface area contributed by atoms with Crippen LogP contribution in [0.3, 0.4) is 0 Å². The molecule has 3 unspecified atom stereocenters. The average molecular weight is 218 g/mol. The van der Waals surface area contributed by atoms with E-state index < -0.39 is 0 Å². The smallest absolute Gasteiger partial charge is 0.181 e.